The fourth-order valence-electron chi connectivity index (χ4n) is 2.41. The second kappa shape index (κ2) is 6.55. The number of carbonyl (C=O) groups is 1. The number of aryl methyl sites for hydroxylation is 1. The molecule has 98 valence electrons. The molecule has 1 aliphatic rings. The Labute approximate surface area is 109 Å². The molecule has 1 amide bonds. The summed E-state index contributed by atoms with van der Waals surface area (Å²) in [6.45, 7) is 3.80. The van der Waals surface area contributed by atoms with Crippen LogP contribution in [0.15, 0.2) is 24.3 Å². The van der Waals surface area contributed by atoms with Gasteiger partial charge < -0.3 is 10.6 Å². The quantitative estimate of drug-likeness (QED) is 0.850. The molecule has 18 heavy (non-hydrogen) atoms. The first-order valence-corrected chi connectivity index (χ1v) is 6.83. The van der Waals surface area contributed by atoms with Crippen LogP contribution in [0.5, 0.6) is 0 Å². The van der Waals surface area contributed by atoms with Gasteiger partial charge in [0.05, 0.1) is 6.04 Å². The Bertz CT molecular complexity index is 397. The summed E-state index contributed by atoms with van der Waals surface area (Å²) < 4.78 is 0. The molecule has 1 aromatic carbocycles. The van der Waals surface area contributed by atoms with Crippen LogP contribution < -0.4 is 10.6 Å². The number of hydrogen-bond acceptors (Lipinski definition) is 2. The Kier molecular flexibility index (Phi) is 4.76. The number of rotatable bonds is 4. The fourth-order valence-corrected chi connectivity index (χ4v) is 2.41. The van der Waals surface area contributed by atoms with Gasteiger partial charge in [0, 0.05) is 6.54 Å². The molecule has 1 unspecified atom stereocenters. The zero-order chi connectivity index (χ0) is 12.8. The van der Waals surface area contributed by atoms with Gasteiger partial charge in [0.25, 0.3) is 0 Å². The van der Waals surface area contributed by atoms with Crippen LogP contribution in [-0.4, -0.2) is 25.0 Å². The molecule has 0 spiro atoms. The molecule has 1 fully saturated rings. The van der Waals surface area contributed by atoms with Crippen LogP contribution in [0.3, 0.4) is 0 Å². The third-order valence-corrected chi connectivity index (χ3v) is 3.58. The van der Waals surface area contributed by atoms with E-state index in [1.54, 1.807) is 0 Å². The summed E-state index contributed by atoms with van der Waals surface area (Å²) in [6, 6.07) is 8.35. The zero-order valence-electron chi connectivity index (χ0n) is 11.0. The van der Waals surface area contributed by atoms with Crippen molar-refractivity contribution in [3.63, 3.8) is 0 Å². The summed E-state index contributed by atoms with van der Waals surface area (Å²) in [7, 11) is 0. The van der Waals surface area contributed by atoms with Crippen LogP contribution in [0, 0.1) is 6.92 Å². The lowest BCUT2D eigenvalue weighted by atomic mass is 10.0. The Morgan fingerprint density at radius 2 is 2.22 bits per heavy atom. The van der Waals surface area contributed by atoms with E-state index in [1.165, 1.54) is 17.5 Å². The molecule has 1 aromatic rings. The molecule has 0 radical (unpaired) electrons. The van der Waals surface area contributed by atoms with E-state index < -0.39 is 0 Å². The van der Waals surface area contributed by atoms with Gasteiger partial charge in [-0.25, -0.2) is 0 Å². The summed E-state index contributed by atoms with van der Waals surface area (Å²) in [5.41, 5.74) is 2.61. The number of carbonyl (C=O) groups excluding carboxylic acids is 1. The van der Waals surface area contributed by atoms with Crippen molar-refractivity contribution in [2.24, 2.45) is 0 Å². The van der Waals surface area contributed by atoms with Crippen molar-refractivity contribution >= 4 is 5.91 Å². The first-order valence-electron chi connectivity index (χ1n) is 6.83. The van der Waals surface area contributed by atoms with Gasteiger partial charge in [-0.15, -0.1) is 0 Å². The molecule has 3 nitrogen and oxygen atoms in total. The number of nitrogens with one attached hydrogen (secondary N) is 2. The van der Waals surface area contributed by atoms with E-state index in [1.807, 2.05) is 12.1 Å². The molecule has 0 bridgehead atoms. The van der Waals surface area contributed by atoms with Gasteiger partial charge in [0.15, 0.2) is 0 Å². The van der Waals surface area contributed by atoms with Gasteiger partial charge in [-0.3, -0.25) is 4.79 Å². The highest BCUT2D eigenvalue weighted by Gasteiger charge is 2.19. The van der Waals surface area contributed by atoms with Gasteiger partial charge in [-0.2, -0.15) is 0 Å². The second-order valence-corrected chi connectivity index (χ2v) is 4.97. The molecule has 1 aliphatic heterocycles. The van der Waals surface area contributed by atoms with E-state index in [0.29, 0.717) is 0 Å². The Hall–Kier alpha value is -1.35. The number of amides is 1. The van der Waals surface area contributed by atoms with Crippen LogP contribution in [-0.2, 0) is 11.2 Å². The lowest BCUT2D eigenvalue weighted by Gasteiger charge is -2.22. The van der Waals surface area contributed by atoms with E-state index in [0.717, 1.165) is 32.4 Å². The summed E-state index contributed by atoms with van der Waals surface area (Å²) in [5, 5.41) is 6.29. The fraction of sp³-hybridized carbons (Fsp3) is 0.533. The predicted octanol–water partition coefficient (Wildman–Crippen LogP) is 1.80. The van der Waals surface area contributed by atoms with E-state index in [-0.39, 0.29) is 11.9 Å². The molecule has 2 rings (SSSR count). The summed E-state index contributed by atoms with van der Waals surface area (Å²) in [4.78, 5) is 11.9. The molecule has 0 aliphatic carbocycles. The molecule has 3 heteroatoms. The molecular formula is C15H22N2O. The van der Waals surface area contributed by atoms with Crippen LogP contribution in [0.1, 0.15) is 30.4 Å². The number of benzene rings is 1. The minimum absolute atomic E-state index is 0.0237. The standard InChI is InChI=1S/C15H22N2O/c1-12-6-2-3-7-13(12)9-11-17-15(18)14-8-4-5-10-16-14/h2-3,6-7,14,16H,4-5,8-11H2,1H3,(H,17,18). The first kappa shape index (κ1) is 13.1. The van der Waals surface area contributed by atoms with Crippen LogP contribution in [0.25, 0.3) is 0 Å². The summed E-state index contributed by atoms with van der Waals surface area (Å²) >= 11 is 0. The van der Waals surface area contributed by atoms with Crippen molar-refractivity contribution in [3.8, 4) is 0 Å². The Balaban J connectivity index is 1.75. The van der Waals surface area contributed by atoms with E-state index in [2.05, 4.69) is 29.7 Å². The Morgan fingerprint density at radius 3 is 2.94 bits per heavy atom. The van der Waals surface area contributed by atoms with Crippen molar-refractivity contribution in [1.82, 2.24) is 10.6 Å². The molecule has 1 saturated heterocycles. The SMILES string of the molecule is Cc1ccccc1CCNC(=O)C1CCCCN1. The van der Waals surface area contributed by atoms with E-state index in [9.17, 15) is 4.79 Å². The lowest BCUT2D eigenvalue weighted by molar-refractivity contribution is -0.123. The molecule has 2 N–H and O–H groups in total. The minimum atomic E-state index is 0.0237. The second-order valence-electron chi connectivity index (χ2n) is 4.97. The van der Waals surface area contributed by atoms with E-state index >= 15 is 0 Å². The molecule has 1 atom stereocenters. The highest BCUT2D eigenvalue weighted by Crippen LogP contribution is 2.08. The van der Waals surface area contributed by atoms with Gasteiger partial charge in [-0.1, -0.05) is 30.7 Å². The maximum Gasteiger partial charge on any atom is 0.237 e. The largest absolute Gasteiger partial charge is 0.354 e. The monoisotopic (exact) mass is 246 g/mol. The lowest BCUT2D eigenvalue weighted by Crippen LogP contribution is -2.47. The number of hydrogen-bond donors (Lipinski definition) is 2. The average Bonchev–Trinajstić information content (AvgIpc) is 2.42. The van der Waals surface area contributed by atoms with Crippen molar-refractivity contribution < 1.29 is 4.79 Å². The normalized spacial score (nSPS) is 19.5. The zero-order valence-corrected chi connectivity index (χ0v) is 11.0. The topological polar surface area (TPSA) is 41.1 Å². The van der Waals surface area contributed by atoms with Crippen LogP contribution >= 0.6 is 0 Å². The summed E-state index contributed by atoms with van der Waals surface area (Å²) in [6.07, 6.45) is 4.22. The maximum absolute atomic E-state index is 11.9. The van der Waals surface area contributed by atoms with Crippen LogP contribution in [0.4, 0.5) is 0 Å². The predicted molar refractivity (Wildman–Crippen MR) is 73.5 cm³/mol. The van der Waals surface area contributed by atoms with Crippen molar-refractivity contribution in [2.45, 2.75) is 38.6 Å². The average molecular weight is 246 g/mol. The smallest absolute Gasteiger partial charge is 0.237 e. The van der Waals surface area contributed by atoms with Gasteiger partial charge in [-0.05, 0) is 43.9 Å². The highest BCUT2D eigenvalue weighted by atomic mass is 16.2. The van der Waals surface area contributed by atoms with Gasteiger partial charge in [0.1, 0.15) is 0 Å². The molecule has 0 saturated carbocycles. The van der Waals surface area contributed by atoms with Crippen molar-refractivity contribution in [1.29, 1.82) is 0 Å². The molecular weight excluding hydrogens is 224 g/mol. The molecule has 0 aromatic heterocycles. The maximum atomic E-state index is 11.9. The van der Waals surface area contributed by atoms with Crippen molar-refractivity contribution in [3.05, 3.63) is 35.4 Å². The third-order valence-electron chi connectivity index (χ3n) is 3.58. The first-order chi connectivity index (χ1) is 8.77. The highest BCUT2D eigenvalue weighted by molar-refractivity contribution is 5.81. The third kappa shape index (κ3) is 3.57. The minimum Gasteiger partial charge on any atom is -0.354 e. The Morgan fingerprint density at radius 1 is 1.39 bits per heavy atom. The van der Waals surface area contributed by atoms with Gasteiger partial charge in [0.2, 0.25) is 5.91 Å². The number of piperidine rings is 1. The van der Waals surface area contributed by atoms with E-state index in [4.69, 9.17) is 0 Å². The van der Waals surface area contributed by atoms with Crippen molar-refractivity contribution in [2.75, 3.05) is 13.1 Å². The van der Waals surface area contributed by atoms with Gasteiger partial charge >= 0.3 is 0 Å². The molecule has 1 heterocycles. The van der Waals surface area contributed by atoms with Crippen LogP contribution in [0.2, 0.25) is 0 Å². The summed E-state index contributed by atoms with van der Waals surface area (Å²) in [5.74, 6) is 0.156.